The highest BCUT2D eigenvalue weighted by Gasteiger charge is 2.16. The Morgan fingerprint density at radius 1 is 1.18 bits per heavy atom. The first kappa shape index (κ1) is 14.7. The summed E-state index contributed by atoms with van der Waals surface area (Å²) in [5, 5.41) is 16.7. The summed E-state index contributed by atoms with van der Waals surface area (Å²) >= 11 is 3.34. The molecule has 0 aliphatic heterocycles. The molecule has 112 valence electrons. The molecule has 0 amide bonds. The van der Waals surface area contributed by atoms with Crippen molar-refractivity contribution in [2.75, 3.05) is 0 Å². The van der Waals surface area contributed by atoms with Gasteiger partial charge in [0.1, 0.15) is 17.4 Å². The van der Waals surface area contributed by atoms with Crippen LogP contribution in [0.25, 0.3) is 11.4 Å². The molecule has 5 nitrogen and oxygen atoms in total. The number of halogens is 2. The smallest absolute Gasteiger partial charge is 0.184 e. The van der Waals surface area contributed by atoms with Gasteiger partial charge in [-0.2, -0.15) is 5.10 Å². The number of nitrogens with one attached hydrogen (secondary N) is 1. The number of hydrogen-bond acceptors (Lipinski definition) is 4. The Balaban J connectivity index is 1.93. The van der Waals surface area contributed by atoms with Crippen LogP contribution in [0.3, 0.4) is 0 Å². The van der Waals surface area contributed by atoms with Crippen LogP contribution >= 0.6 is 15.9 Å². The van der Waals surface area contributed by atoms with Crippen molar-refractivity contribution < 1.29 is 9.50 Å². The average Bonchev–Trinajstić information content (AvgIpc) is 2.99. The molecule has 1 heterocycles. The molecule has 0 unspecified atom stereocenters. The van der Waals surface area contributed by atoms with Crippen molar-refractivity contribution in [3.63, 3.8) is 0 Å². The summed E-state index contributed by atoms with van der Waals surface area (Å²) in [5.41, 5.74) is 7.30. The molecule has 3 rings (SSSR count). The molecule has 0 aliphatic rings. The number of nitrogens with two attached hydrogens (primary N) is 1. The van der Waals surface area contributed by atoms with Crippen molar-refractivity contribution in [2.24, 2.45) is 5.73 Å². The molecule has 0 bridgehead atoms. The second kappa shape index (κ2) is 5.86. The van der Waals surface area contributed by atoms with Crippen LogP contribution in [0.1, 0.15) is 17.4 Å². The first-order chi connectivity index (χ1) is 10.5. The lowest BCUT2D eigenvalue weighted by Crippen LogP contribution is -2.13. The molecule has 2 aromatic carbocycles. The Morgan fingerprint density at radius 3 is 2.64 bits per heavy atom. The van der Waals surface area contributed by atoms with Crippen molar-refractivity contribution in [3.05, 3.63) is 64.1 Å². The number of aromatic hydroxyl groups is 1. The van der Waals surface area contributed by atoms with E-state index in [1.54, 1.807) is 30.3 Å². The third kappa shape index (κ3) is 2.86. The molecule has 0 radical (unpaired) electrons. The van der Waals surface area contributed by atoms with Crippen molar-refractivity contribution in [2.45, 2.75) is 6.04 Å². The van der Waals surface area contributed by atoms with Gasteiger partial charge < -0.3 is 10.8 Å². The number of aromatic amines is 1. The number of H-pyrrole nitrogens is 1. The van der Waals surface area contributed by atoms with E-state index in [0.717, 1.165) is 4.47 Å². The number of phenols is 1. The zero-order valence-electron chi connectivity index (χ0n) is 11.3. The number of hydrogen-bond donors (Lipinski definition) is 3. The molecule has 22 heavy (non-hydrogen) atoms. The SMILES string of the molecule is N[C@H](c1ccc(F)cc1)c1nc(-c2cc(Br)ccc2O)n[nH]1. The molecular weight excluding hydrogens is 351 g/mol. The van der Waals surface area contributed by atoms with Gasteiger partial charge in [-0.1, -0.05) is 28.1 Å². The summed E-state index contributed by atoms with van der Waals surface area (Å²) in [6.45, 7) is 0. The van der Waals surface area contributed by atoms with Crippen molar-refractivity contribution in [3.8, 4) is 17.1 Å². The lowest BCUT2D eigenvalue weighted by atomic mass is 10.1. The van der Waals surface area contributed by atoms with Crippen LogP contribution in [-0.4, -0.2) is 20.3 Å². The number of rotatable bonds is 3. The summed E-state index contributed by atoms with van der Waals surface area (Å²) in [5.74, 6) is 0.518. The van der Waals surface area contributed by atoms with E-state index in [1.807, 2.05) is 0 Å². The maximum atomic E-state index is 13.0. The minimum Gasteiger partial charge on any atom is -0.507 e. The second-order valence-electron chi connectivity index (χ2n) is 4.73. The molecule has 0 saturated heterocycles. The predicted molar refractivity (Wildman–Crippen MR) is 83.6 cm³/mol. The van der Waals surface area contributed by atoms with E-state index in [9.17, 15) is 9.50 Å². The Labute approximate surface area is 134 Å². The van der Waals surface area contributed by atoms with Crippen LogP contribution in [0.4, 0.5) is 4.39 Å². The fourth-order valence-corrected chi connectivity index (χ4v) is 2.41. The third-order valence-corrected chi connectivity index (χ3v) is 3.72. The molecule has 0 aliphatic carbocycles. The van der Waals surface area contributed by atoms with Gasteiger partial charge in [-0.05, 0) is 35.9 Å². The summed E-state index contributed by atoms with van der Waals surface area (Å²) in [6.07, 6.45) is 0. The summed E-state index contributed by atoms with van der Waals surface area (Å²) in [7, 11) is 0. The van der Waals surface area contributed by atoms with Gasteiger partial charge in [0.25, 0.3) is 0 Å². The number of benzene rings is 2. The molecule has 7 heteroatoms. The molecule has 3 aromatic rings. The van der Waals surface area contributed by atoms with Gasteiger partial charge >= 0.3 is 0 Å². The molecule has 0 saturated carbocycles. The highest BCUT2D eigenvalue weighted by molar-refractivity contribution is 9.10. The summed E-state index contributed by atoms with van der Waals surface area (Å²) < 4.78 is 13.8. The summed E-state index contributed by atoms with van der Waals surface area (Å²) in [6, 6.07) is 10.3. The van der Waals surface area contributed by atoms with Crippen LogP contribution < -0.4 is 5.73 Å². The number of aromatic nitrogens is 3. The minimum absolute atomic E-state index is 0.0732. The van der Waals surface area contributed by atoms with E-state index in [1.165, 1.54) is 12.1 Å². The maximum absolute atomic E-state index is 13.0. The van der Waals surface area contributed by atoms with E-state index < -0.39 is 6.04 Å². The normalized spacial score (nSPS) is 12.3. The maximum Gasteiger partial charge on any atom is 0.184 e. The Kier molecular flexibility index (Phi) is 3.91. The van der Waals surface area contributed by atoms with Crippen molar-refractivity contribution >= 4 is 15.9 Å². The molecule has 0 fully saturated rings. The topological polar surface area (TPSA) is 87.8 Å². The highest BCUT2D eigenvalue weighted by atomic mass is 79.9. The fourth-order valence-electron chi connectivity index (χ4n) is 2.05. The number of phenolic OH excluding ortho intramolecular Hbond substituents is 1. The lowest BCUT2D eigenvalue weighted by molar-refractivity contribution is 0.477. The van der Waals surface area contributed by atoms with Crippen molar-refractivity contribution in [1.82, 2.24) is 15.2 Å². The Bertz CT molecular complexity index is 804. The average molecular weight is 363 g/mol. The predicted octanol–water partition coefficient (Wildman–Crippen LogP) is 3.13. The van der Waals surface area contributed by atoms with Crippen LogP contribution in [-0.2, 0) is 0 Å². The molecule has 0 spiro atoms. The van der Waals surface area contributed by atoms with Crippen LogP contribution in [0.15, 0.2) is 46.9 Å². The van der Waals surface area contributed by atoms with E-state index in [4.69, 9.17) is 5.73 Å². The van der Waals surface area contributed by atoms with Crippen LogP contribution in [0.2, 0.25) is 0 Å². The van der Waals surface area contributed by atoms with Gasteiger partial charge in [-0.3, -0.25) is 5.10 Å². The van der Waals surface area contributed by atoms with Gasteiger partial charge in [0.2, 0.25) is 0 Å². The van der Waals surface area contributed by atoms with E-state index in [2.05, 4.69) is 31.1 Å². The highest BCUT2D eigenvalue weighted by Crippen LogP contribution is 2.30. The Morgan fingerprint density at radius 2 is 1.91 bits per heavy atom. The molecule has 4 N–H and O–H groups in total. The lowest BCUT2D eigenvalue weighted by Gasteiger charge is -2.08. The summed E-state index contributed by atoms with van der Waals surface area (Å²) in [4.78, 5) is 4.31. The van der Waals surface area contributed by atoms with E-state index in [-0.39, 0.29) is 11.6 Å². The first-order valence-electron chi connectivity index (χ1n) is 6.47. The minimum atomic E-state index is -0.559. The Hall–Kier alpha value is -2.25. The third-order valence-electron chi connectivity index (χ3n) is 3.23. The monoisotopic (exact) mass is 362 g/mol. The molecule has 1 atom stereocenters. The standard InChI is InChI=1S/C15H12BrFN4O/c16-9-3-6-12(22)11(7-9)14-19-15(21-20-14)13(18)8-1-4-10(17)5-2-8/h1-7,13,22H,18H2,(H,19,20,21)/t13-/m1/s1. The van der Waals surface area contributed by atoms with Gasteiger partial charge in [0.15, 0.2) is 5.82 Å². The second-order valence-corrected chi connectivity index (χ2v) is 5.65. The van der Waals surface area contributed by atoms with Crippen LogP contribution in [0, 0.1) is 5.82 Å². The quantitative estimate of drug-likeness (QED) is 0.667. The van der Waals surface area contributed by atoms with E-state index in [0.29, 0.717) is 22.8 Å². The fraction of sp³-hybridized carbons (Fsp3) is 0.0667. The largest absolute Gasteiger partial charge is 0.507 e. The molecule has 1 aromatic heterocycles. The van der Waals surface area contributed by atoms with Gasteiger partial charge in [-0.15, -0.1) is 0 Å². The van der Waals surface area contributed by atoms with Crippen LogP contribution in [0.5, 0.6) is 5.75 Å². The van der Waals surface area contributed by atoms with E-state index >= 15 is 0 Å². The molecular formula is C15H12BrFN4O. The zero-order valence-corrected chi connectivity index (χ0v) is 12.9. The first-order valence-corrected chi connectivity index (χ1v) is 7.26. The zero-order chi connectivity index (χ0) is 15.7. The van der Waals surface area contributed by atoms with Gasteiger partial charge in [0, 0.05) is 4.47 Å². The van der Waals surface area contributed by atoms with Gasteiger partial charge in [-0.25, -0.2) is 9.37 Å². The van der Waals surface area contributed by atoms with Crippen molar-refractivity contribution in [1.29, 1.82) is 0 Å². The number of nitrogens with zero attached hydrogens (tertiary/aromatic N) is 2. The van der Waals surface area contributed by atoms with Gasteiger partial charge in [0.05, 0.1) is 11.6 Å².